The van der Waals surface area contributed by atoms with Crippen molar-refractivity contribution in [2.24, 2.45) is 0 Å². The van der Waals surface area contributed by atoms with Crippen molar-refractivity contribution in [2.45, 2.75) is 26.7 Å². The summed E-state index contributed by atoms with van der Waals surface area (Å²) in [6, 6.07) is 13.4. The minimum Gasteiger partial charge on any atom is -0.482 e. The molecular formula is C20H22N2O3. The number of amides is 2. The Kier molecular flexibility index (Phi) is 4.74. The third-order valence-corrected chi connectivity index (χ3v) is 4.22. The third kappa shape index (κ3) is 3.82. The maximum absolute atomic E-state index is 12.4. The standard InChI is InChI=1S/C20H22N2O3/c1-13(2)15-5-7-16(8-6-15)21-19(23)11-22-17-10-14(3)4-9-18(17)25-12-20(22)24/h4-10,13H,11-12H2,1-3H3,(H,21,23). The van der Waals surface area contributed by atoms with Gasteiger partial charge in [-0.1, -0.05) is 32.0 Å². The molecular weight excluding hydrogens is 316 g/mol. The molecule has 25 heavy (non-hydrogen) atoms. The van der Waals surface area contributed by atoms with Gasteiger partial charge in [-0.05, 0) is 48.2 Å². The Morgan fingerprint density at radius 2 is 1.92 bits per heavy atom. The molecule has 0 atom stereocenters. The first-order valence-corrected chi connectivity index (χ1v) is 8.37. The van der Waals surface area contributed by atoms with Gasteiger partial charge in [0, 0.05) is 5.69 Å². The highest BCUT2D eigenvalue weighted by molar-refractivity contribution is 6.05. The fourth-order valence-corrected chi connectivity index (χ4v) is 2.78. The van der Waals surface area contributed by atoms with Gasteiger partial charge in [0.2, 0.25) is 5.91 Å². The predicted molar refractivity (Wildman–Crippen MR) is 98.2 cm³/mol. The van der Waals surface area contributed by atoms with Crippen molar-refractivity contribution < 1.29 is 14.3 Å². The maximum atomic E-state index is 12.4. The lowest BCUT2D eigenvalue weighted by molar-refractivity contribution is -0.123. The van der Waals surface area contributed by atoms with Gasteiger partial charge in [-0.15, -0.1) is 0 Å². The van der Waals surface area contributed by atoms with Crippen LogP contribution in [0.1, 0.15) is 30.9 Å². The highest BCUT2D eigenvalue weighted by atomic mass is 16.5. The number of nitrogens with zero attached hydrogens (tertiary/aromatic N) is 1. The van der Waals surface area contributed by atoms with E-state index in [1.165, 1.54) is 10.5 Å². The van der Waals surface area contributed by atoms with Crippen LogP contribution in [0, 0.1) is 6.92 Å². The van der Waals surface area contributed by atoms with Gasteiger partial charge in [-0.2, -0.15) is 0 Å². The van der Waals surface area contributed by atoms with Gasteiger partial charge in [-0.3, -0.25) is 14.5 Å². The smallest absolute Gasteiger partial charge is 0.265 e. The van der Waals surface area contributed by atoms with Crippen molar-refractivity contribution in [1.82, 2.24) is 0 Å². The van der Waals surface area contributed by atoms with Crippen molar-refractivity contribution in [2.75, 3.05) is 23.4 Å². The minimum absolute atomic E-state index is 0.0371. The summed E-state index contributed by atoms with van der Waals surface area (Å²) in [5.74, 6) is 0.609. The number of aryl methyl sites for hydroxylation is 1. The molecule has 0 unspecified atom stereocenters. The summed E-state index contributed by atoms with van der Waals surface area (Å²) < 4.78 is 5.43. The SMILES string of the molecule is Cc1ccc2c(c1)N(CC(=O)Nc1ccc(C(C)C)cc1)C(=O)CO2. The first-order chi connectivity index (χ1) is 11.9. The van der Waals surface area contributed by atoms with E-state index < -0.39 is 0 Å². The topological polar surface area (TPSA) is 58.6 Å². The Morgan fingerprint density at radius 1 is 1.20 bits per heavy atom. The van der Waals surface area contributed by atoms with E-state index in [1.54, 1.807) is 0 Å². The van der Waals surface area contributed by atoms with E-state index >= 15 is 0 Å². The summed E-state index contributed by atoms with van der Waals surface area (Å²) in [4.78, 5) is 26.1. The third-order valence-electron chi connectivity index (χ3n) is 4.22. The summed E-state index contributed by atoms with van der Waals surface area (Å²) in [5, 5.41) is 2.85. The molecule has 1 aliphatic rings. The Labute approximate surface area is 147 Å². The number of rotatable bonds is 4. The molecule has 0 radical (unpaired) electrons. The Morgan fingerprint density at radius 3 is 2.60 bits per heavy atom. The molecule has 0 spiro atoms. The van der Waals surface area contributed by atoms with Gasteiger partial charge >= 0.3 is 0 Å². The summed E-state index contributed by atoms with van der Waals surface area (Å²) in [6.07, 6.45) is 0. The molecule has 0 saturated carbocycles. The zero-order valence-corrected chi connectivity index (χ0v) is 14.7. The zero-order chi connectivity index (χ0) is 18.0. The molecule has 2 aromatic rings. The van der Waals surface area contributed by atoms with Crippen LogP contribution in [0.15, 0.2) is 42.5 Å². The highest BCUT2D eigenvalue weighted by Crippen LogP contribution is 2.32. The summed E-state index contributed by atoms with van der Waals surface area (Å²) in [7, 11) is 0. The normalized spacial score (nSPS) is 13.4. The number of hydrogen-bond acceptors (Lipinski definition) is 3. The lowest BCUT2D eigenvalue weighted by Gasteiger charge is -2.29. The molecule has 0 aliphatic carbocycles. The predicted octanol–water partition coefficient (Wildman–Crippen LogP) is 3.48. The van der Waals surface area contributed by atoms with Crippen LogP contribution in [-0.2, 0) is 9.59 Å². The molecule has 5 nitrogen and oxygen atoms in total. The lowest BCUT2D eigenvalue weighted by atomic mass is 10.0. The van der Waals surface area contributed by atoms with E-state index in [4.69, 9.17) is 4.74 Å². The number of ether oxygens (including phenoxy) is 1. The quantitative estimate of drug-likeness (QED) is 0.928. The first-order valence-electron chi connectivity index (χ1n) is 8.37. The number of anilines is 2. The van der Waals surface area contributed by atoms with Crippen LogP contribution in [0.3, 0.4) is 0 Å². The Bertz CT molecular complexity index is 797. The van der Waals surface area contributed by atoms with Crippen molar-refractivity contribution in [1.29, 1.82) is 0 Å². The van der Waals surface area contributed by atoms with E-state index in [9.17, 15) is 9.59 Å². The van der Waals surface area contributed by atoms with Crippen LogP contribution < -0.4 is 15.0 Å². The second kappa shape index (κ2) is 6.97. The average molecular weight is 338 g/mol. The molecule has 2 amide bonds. The van der Waals surface area contributed by atoms with Crippen molar-refractivity contribution in [3.05, 3.63) is 53.6 Å². The molecule has 3 rings (SSSR count). The number of hydrogen-bond donors (Lipinski definition) is 1. The summed E-state index contributed by atoms with van der Waals surface area (Å²) >= 11 is 0. The van der Waals surface area contributed by atoms with Crippen LogP contribution in [-0.4, -0.2) is 25.0 Å². The molecule has 130 valence electrons. The summed E-state index contributed by atoms with van der Waals surface area (Å²) in [5.41, 5.74) is 3.58. The fourth-order valence-electron chi connectivity index (χ4n) is 2.78. The number of fused-ring (bicyclic) bond motifs is 1. The fraction of sp³-hybridized carbons (Fsp3) is 0.300. The lowest BCUT2D eigenvalue weighted by Crippen LogP contribution is -2.43. The highest BCUT2D eigenvalue weighted by Gasteiger charge is 2.27. The largest absolute Gasteiger partial charge is 0.482 e. The molecule has 0 aromatic heterocycles. The van der Waals surface area contributed by atoms with E-state index in [2.05, 4.69) is 19.2 Å². The van der Waals surface area contributed by atoms with Crippen LogP contribution >= 0.6 is 0 Å². The number of nitrogens with one attached hydrogen (secondary N) is 1. The molecule has 0 bridgehead atoms. The van der Waals surface area contributed by atoms with E-state index in [-0.39, 0.29) is 25.0 Å². The number of benzene rings is 2. The first kappa shape index (κ1) is 17.0. The minimum atomic E-state index is -0.236. The van der Waals surface area contributed by atoms with Gasteiger partial charge in [0.25, 0.3) is 5.91 Å². The second-order valence-electron chi connectivity index (χ2n) is 6.56. The van der Waals surface area contributed by atoms with Crippen molar-refractivity contribution in [3.63, 3.8) is 0 Å². The average Bonchev–Trinajstić information content (AvgIpc) is 2.58. The maximum Gasteiger partial charge on any atom is 0.265 e. The Hall–Kier alpha value is -2.82. The molecule has 2 aromatic carbocycles. The Balaban J connectivity index is 1.72. The van der Waals surface area contributed by atoms with Crippen molar-refractivity contribution in [3.8, 4) is 5.75 Å². The van der Waals surface area contributed by atoms with Crippen LogP contribution in [0.5, 0.6) is 5.75 Å². The zero-order valence-electron chi connectivity index (χ0n) is 14.7. The second-order valence-corrected chi connectivity index (χ2v) is 6.56. The van der Waals surface area contributed by atoms with Gasteiger partial charge in [0.05, 0.1) is 5.69 Å². The monoisotopic (exact) mass is 338 g/mol. The molecule has 0 fully saturated rings. The van der Waals surface area contributed by atoms with Gasteiger partial charge < -0.3 is 10.1 Å². The number of carbonyl (C=O) groups excluding carboxylic acids is 2. The van der Waals surface area contributed by atoms with Crippen LogP contribution in [0.25, 0.3) is 0 Å². The van der Waals surface area contributed by atoms with Gasteiger partial charge in [0.15, 0.2) is 6.61 Å². The van der Waals surface area contributed by atoms with E-state index in [0.717, 1.165) is 11.3 Å². The van der Waals surface area contributed by atoms with Gasteiger partial charge in [-0.25, -0.2) is 0 Å². The number of carbonyl (C=O) groups is 2. The molecule has 0 saturated heterocycles. The molecule has 5 heteroatoms. The van der Waals surface area contributed by atoms with E-state index in [0.29, 0.717) is 17.4 Å². The molecule has 1 heterocycles. The van der Waals surface area contributed by atoms with Crippen molar-refractivity contribution >= 4 is 23.2 Å². The van der Waals surface area contributed by atoms with Crippen LogP contribution in [0.2, 0.25) is 0 Å². The molecule has 1 aliphatic heterocycles. The molecule has 1 N–H and O–H groups in total. The summed E-state index contributed by atoms with van der Waals surface area (Å²) in [6.45, 7) is 6.10. The van der Waals surface area contributed by atoms with E-state index in [1.807, 2.05) is 49.4 Å². The van der Waals surface area contributed by atoms with Gasteiger partial charge in [0.1, 0.15) is 12.3 Å². The van der Waals surface area contributed by atoms with Crippen LogP contribution in [0.4, 0.5) is 11.4 Å².